The number of amides is 1. The fourth-order valence-electron chi connectivity index (χ4n) is 2.68. The molecular formula is C21H21N5O4S. The Labute approximate surface area is 183 Å². The van der Waals surface area contributed by atoms with E-state index in [0.29, 0.717) is 23.0 Å². The number of para-hydroxylation sites is 1. The lowest BCUT2D eigenvalue weighted by molar-refractivity contribution is -0.139. The minimum absolute atomic E-state index is 0.113. The molecule has 0 saturated heterocycles. The molecule has 1 aromatic heterocycles. The highest BCUT2D eigenvalue weighted by atomic mass is 32.2. The van der Waals surface area contributed by atoms with Gasteiger partial charge in [0.25, 0.3) is 5.91 Å². The highest BCUT2D eigenvalue weighted by molar-refractivity contribution is 7.99. The summed E-state index contributed by atoms with van der Waals surface area (Å²) in [7, 11) is 0. The molecule has 2 N–H and O–H groups in total. The molecule has 0 saturated carbocycles. The number of nitrogens with one attached hydrogen (secondary N) is 1. The molecule has 9 nitrogen and oxygen atoms in total. The molecule has 0 spiro atoms. The van der Waals surface area contributed by atoms with E-state index in [1.54, 1.807) is 24.3 Å². The monoisotopic (exact) mass is 439 g/mol. The second kappa shape index (κ2) is 10.9. The number of rotatable bonds is 10. The second-order valence-electron chi connectivity index (χ2n) is 6.22. The van der Waals surface area contributed by atoms with Gasteiger partial charge in [0.1, 0.15) is 5.75 Å². The number of carbonyl (C=O) groups is 2. The Morgan fingerprint density at radius 2 is 1.90 bits per heavy atom. The van der Waals surface area contributed by atoms with E-state index < -0.39 is 12.6 Å². The van der Waals surface area contributed by atoms with Gasteiger partial charge in [-0.25, -0.2) is 10.2 Å². The average molecular weight is 439 g/mol. The van der Waals surface area contributed by atoms with Crippen LogP contribution in [0.15, 0.2) is 64.9 Å². The van der Waals surface area contributed by atoms with Gasteiger partial charge in [-0.05, 0) is 19.1 Å². The molecule has 1 amide bonds. The maximum atomic E-state index is 12.2. The van der Waals surface area contributed by atoms with Crippen molar-refractivity contribution in [1.29, 1.82) is 0 Å². The number of carbonyl (C=O) groups excluding carboxylic acids is 1. The predicted molar refractivity (Wildman–Crippen MR) is 117 cm³/mol. The van der Waals surface area contributed by atoms with Gasteiger partial charge < -0.3 is 14.4 Å². The van der Waals surface area contributed by atoms with Gasteiger partial charge in [0, 0.05) is 17.7 Å². The first-order chi connectivity index (χ1) is 15.1. The summed E-state index contributed by atoms with van der Waals surface area (Å²) in [5.41, 5.74) is 3.96. The lowest BCUT2D eigenvalue weighted by Crippen LogP contribution is -2.20. The molecule has 1 heterocycles. The summed E-state index contributed by atoms with van der Waals surface area (Å²) in [6.45, 7) is 2.21. The van der Waals surface area contributed by atoms with Crippen LogP contribution in [0, 0.1) is 0 Å². The third kappa shape index (κ3) is 6.16. The van der Waals surface area contributed by atoms with Crippen LogP contribution in [-0.4, -0.2) is 50.3 Å². The van der Waals surface area contributed by atoms with Crippen molar-refractivity contribution in [2.24, 2.45) is 5.10 Å². The Bertz CT molecular complexity index is 1070. The second-order valence-corrected chi connectivity index (χ2v) is 7.16. The van der Waals surface area contributed by atoms with Crippen LogP contribution >= 0.6 is 11.8 Å². The third-order valence-corrected chi connectivity index (χ3v) is 5.03. The number of benzene rings is 2. The molecule has 0 unspecified atom stereocenters. The molecule has 160 valence electrons. The molecule has 0 bridgehead atoms. The summed E-state index contributed by atoms with van der Waals surface area (Å²) in [5, 5.41) is 21.8. The van der Waals surface area contributed by atoms with E-state index in [2.05, 4.69) is 20.7 Å². The van der Waals surface area contributed by atoms with Gasteiger partial charge in [0.05, 0.1) is 12.0 Å². The minimum Gasteiger partial charge on any atom is -0.481 e. The van der Waals surface area contributed by atoms with E-state index in [0.717, 1.165) is 11.4 Å². The molecule has 2 aromatic carbocycles. The van der Waals surface area contributed by atoms with E-state index in [1.165, 1.54) is 18.0 Å². The van der Waals surface area contributed by atoms with Gasteiger partial charge in [0.15, 0.2) is 17.6 Å². The first-order valence-corrected chi connectivity index (χ1v) is 10.4. The van der Waals surface area contributed by atoms with Crippen LogP contribution in [0.5, 0.6) is 5.75 Å². The fraction of sp³-hybridized carbons (Fsp3) is 0.190. The number of hydrogen-bond donors (Lipinski definition) is 2. The highest BCUT2D eigenvalue weighted by Crippen LogP contribution is 2.23. The quantitative estimate of drug-likeness (QED) is 0.283. The van der Waals surface area contributed by atoms with Crippen molar-refractivity contribution in [1.82, 2.24) is 20.2 Å². The Hall–Kier alpha value is -3.66. The van der Waals surface area contributed by atoms with Gasteiger partial charge in [-0.1, -0.05) is 54.2 Å². The lowest BCUT2D eigenvalue weighted by atomic mass is 10.2. The molecule has 0 aliphatic heterocycles. The summed E-state index contributed by atoms with van der Waals surface area (Å²) in [5.74, 6) is -0.158. The number of carboxylic acids is 1. The van der Waals surface area contributed by atoms with Gasteiger partial charge in [0.2, 0.25) is 0 Å². The van der Waals surface area contributed by atoms with Crippen molar-refractivity contribution in [3.63, 3.8) is 0 Å². The standard InChI is InChI=1S/C21H21N5O4S/c1-2-26-20(15-8-4-3-5-9-15)24-25-21(26)31-14-18(27)23-22-12-16-10-6-7-11-17(16)30-13-19(28)29/h3-12H,2,13-14H2,1H3,(H,23,27)(H,28,29). The molecule has 0 aliphatic carbocycles. The van der Waals surface area contributed by atoms with Crippen LogP contribution < -0.4 is 10.2 Å². The summed E-state index contributed by atoms with van der Waals surface area (Å²) >= 11 is 1.27. The Morgan fingerprint density at radius 3 is 2.65 bits per heavy atom. The molecule has 3 aromatic rings. The van der Waals surface area contributed by atoms with Crippen LogP contribution in [0.25, 0.3) is 11.4 Å². The zero-order chi connectivity index (χ0) is 22.1. The van der Waals surface area contributed by atoms with E-state index in [4.69, 9.17) is 9.84 Å². The number of hydrogen-bond acceptors (Lipinski definition) is 7. The Morgan fingerprint density at radius 1 is 1.16 bits per heavy atom. The van der Waals surface area contributed by atoms with Crippen molar-refractivity contribution in [2.75, 3.05) is 12.4 Å². The van der Waals surface area contributed by atoms with Crippen molar-refractivity contribution < 1.29 is 19.4 Å². The fourth-order valence-corrected chi connectivity index (χ4v) is 3.47. The van der Waals surface area contributed by atoms with Crippen LogP contribution in [-0.2, 0) is 16.1 Å². The van der Waals surface area contributed by atoms with E-state index in [-0.39, 0.29) is 11.7 Å². The molecule has 10 heteroatoms. The number of aliphatic carboxylic acids is 1. The van der Waals surface area contributed by atoms with Gasteiger partial charge in [-0.3, -0.25) is 4.79 Å². The molecular weight excluding hydrogens is 418 g/mol. The van der Waals surface area contributed by atoms with Crippen molar-refractivity contribution >= 4 is 29.9 Å². The maximum Gasteiger partial charge on any atom is 0.341 e. The van der Waals surface area contributed by atoms with E-state index in [1.807, 2.05) is 41.8 Å². The summed E-state index contributed by atoms with van der Waals surface area (Å²) in [6.07, 6.45) is 1.40. The van der Waals surface area contributed by atoms with Crippen molar-refractivity contribution in [2.45, 2.75) is 18.6 Å². The predicted octanol–water partition coefficient (Wildman–Crippen LogP) is 2.67. The number of ether oxygens (including phenoxy) is 1. The maximum absolute atomic E-state index is 12.2. The van der Waals surface area contributed by atoms with Crippen LogP contribution in [0.3, 0.4) is 0 Å². The first kappa shape index (κ1) is 22.0. The topological polar surface area (TPSA) is 119 Å². The molecule has 0 aliphatic rings. The third-order valence-electron chi connectivity index (χ3n) is 4.06. The average Bonchev–Trinajstić information content (AvgIpc) is 3.20. The SMILES string of the molecule is CCn1c(SCC(=O)NN=Cc2ccccc2OCC(=O)O)nnc1-c1ccccc1. The van der Waals surface area contributed by atoms with E-state index >= 15 is 0 Å². The van der Waals surface area contributed by atoms with Crippen LogP contribution in [0.4, 0.5) is 0 Å². The smallest absolute Gasteiger partial charge is 0.341 e. The van der Waals surface area contributed by atoms with Crippen LogP contribution in [0.2, 0.25) is 0 Å². The summed E-state index contributed by atoms with van der Waals surface area (Å²) in [6, 6.07) is 16.5. The number of carboxylic acid groups (broad SMARTS) is 1. The number of nitrogens with zero attached hydrogens (tertiary/aromatic N) is 4. The van der Waals surface area contributed by atoms with E-state index in [9.17, 15) is 9.59 Å². The van der Waals surface area contributed by atoms with Crippen molar-refractivity contribution in [3.05, 3.63) is 60.2 Å². The largest absolute Gasteiger partial charge is 0.481 e. The number of hydrazone groups is 1. The molecule has 0 atom stereocenters. The summed E-state index contributed by atoms with van der Waals surface area (Å²) in [4.78, 5) is 22.8. The molecule has 0 fully saturated rings. The number of aromatic nitrogens is 3. The lowest BCUT2D eigenvalue weighted by Gasteiger charge is -2.07. The zero-order valence-corrected chi connectivity index (χ0v) is 17.6. The molecule has 0 radical (unpaired) electrons. The van der Waals surface area contributed by atoms with Gasteiger partial charge in [-0.2, -0.15) is 5.10 Å². The zero-order valence-electron chi connectivity index (χ0n) is 16.8. The molecule has 31 heavy (non-hydrogen) atoms. The minimum atomic E-state index is -1.08. The Balaban J connectivity index is 1.57. The highest BCUT2D eigenvalue weighted by Gasteiger charge is 2.14. The normalized spacial score (nSPS) is 10.9. The molecule has 3 rings (SSSR count). The summed E-state index contributed by atoms with van der Waals surface area (Å²) < 4.78 is 7.15. The van der Waals surface area contributed by atoms with Gasteiger partial charge >= 0.3 is 5.97 Å². The Kier molecular flexibility index (Phi) is 7.77. The van der Waals surface area contributed by atoms with Gasteiger partial charge in [-0.15, -0.1) is 10.2 Å². The number of thioether (sulfide) groups is 1. The van der Waals surface area contributed by atoms with Crippen molar-refractivity contribution in [3.8, 4) is 17.1 Å². The first-order valence-electron chi connectivity index (χ1n) is 9.45. The van der Waals surface area contributed by atoms with Crippen LogP contribution in [0.1, 0.15) is 12.5 Å².